The largest absolute Gasteiger partial charge is 0.484 e. The molecular weight excluding hydrogens is 256 g/mol. The average Bonchev–Trinajstić information content (AvgIpc) is 2.38. The van der Waals surface area contributed by atoms with E-state index in [9.17, 15) is 9.59 Å². The second-order valence-electron chi connectivity index (χ2n) is 5.17. The van der Waals surface area contributed by atoms with Crippen LogP contribution in [0.25, 0.3) is 0 Å². The van der Waals surface area contributed by atoms with Crippen molar-refractivity contribution in [2.75, 3.05) is 19.7 Å². The Kier molecular flexibility index (Phi) is 4.27. The molecule has 1 aromatic carbocycles. The molecule has 0 radical (unpaired) electrons. The summed E-state index contributed by atoms with van der Waals surface area (Å²) in [5.41, 5.74) is 2.19. The summed E-state index contributed by atoms with van der Waals surface area (Å²) in [5.74, 6) is 0.410. The molecule has 1 saturated heterocycles. The van der Waals surface area contributed by atoms with E-state index in [4.69, 9.17) is 4.74 Å². The first kappa shape index (κ1) is 14.4. The lowest BCUT2D eigenvalue weighted by Gasteiger charge is -2.32. The van der Waals surface area contributed by atoms with E-state index in [0.717, 1.165) is 11.1 Å². The summed E-state index contributed by atoms with van der Waals surface area (Å²) < 4.78 is 5.54. The number of benzene rings is 1. The van der Waals surface area contributed by atoms with Crippen LogP contribution in [0.5, 0.6) is 5.75 Å². The van der Waals surface area contributed by atoms with Crippen LogP contribution in [0.3, 0.4) is 0 Å². The normalized spacial score (nSPS) is 18.6. The van der Waals surface area contributed by atoms with Gasteiger partial charge in [-0.25, -0.2) is 0 Å². The summed E-state index contributed by atoms with van der Waals surface area (Å²) in [6.07, 6.45) is 0. The van der Waals surface area contributed by atoms with E-state index in [1.165, 1.54) is 0 Å². The lowest BCUT2D eigenvalue weighted by atomic mass is 10.1. The number of hydrogen-bond donors (Lipinski definition) is 1. The van der Waals surface area contributed by atoms with Crippen molar-refractivity contribution in [1.82, 2.24) is 10.2 Å². The number of piperazine rings is 1. The molecule has 1 aromatic rings. The van der Waals surface area contributed by atoms with Gasteiger partial charge in [0.15, 0.2) is 6.61 Å². The molecular formula is C15H20N2O3. The maximum absolute atomic E-state index is 12.1. The van der Waals surface area contributed by atoms with E-state index in [0.29, 0.717) is 18.8 Å². The molecule has 5 heteroatoms. The predicted molar refractivity (Wildman–Crippen MR) is 75.6 cm³/mol. The van der Waals surface area contributed by atoms with Gasteiger partial charge in [0.25, 0.3) is 5.91 Å². The molecule has 0 saturated carbocycles. The standard InChI is InChI=1S/C15H20N2O3/c1-10-6-11(2)8-13(7-10)20-9-14(18)17-5-4-16-15(19)12(17)3/h6-8,12H,4-5,9H2,1-3H3,(H,16,19). The Balaban J connectivity index is 1.96. The van der Waals surface area contributed by atoms with Crippen LogP contribution >= 0.6 is 0 Å². The zero-order valence-electron chi connectivity index (χ0n) is 12.1. The number of rotatable bonds is 3. The molecule has 0 spiro atoms. The van der Waals surface area contributed by atoms with Crippen molar-refractivity contribution in [3.63, 3.8) is 0 Å². The quantitative estimate of drug-likeness (QED) is 0.897. The van der Waals surface area contributed by atoms with E-state index >= 15 is 0 Å². The van der Waals surface area contributed by atoms with Crippen molar-refractivity contribution < 1.29 is 14.3 Å². The number of nitrogens with one attached hydrogen (secondary N) is 1. The van der Waals surface area contributed by atoms with E-state index in [2.05, 4.69) is 5.32 Å². The molecule has 20 heavy (non-hydrogen) atoms. The Bertz CT molecular complexity index is 508. The topological polar surface area (TPSA) is 58.6 Å². The van der Waals surface area contributed by atoms with E-state index in [1.54, 1.807) is 11.8 Å². The average molecular weight is 276 g/mol. The minimum absolute atomic E-state index is 0.0412. The van der Waals surface area contributed by atoms with Crippen LogP contribution in [-0.2, 0) is 9.59 Å². The van der Waals surface area contributed by atoms with Gasteiger partial charge in [0.05, 0.1) is 0 Å². The van der Waals surface area contributed by atoms with Crippen LogP contribution in [0.4, 0.5) is 0 Å². The molecule has 0 bridgehead atoms. The summed E-state index contributed by atoms with van der Waals surface area (Å²) in [6, 6.07) is 5.41. The van der Waals surface area contributed by atoms with Gasteiger partial charge in [0, 0.05) is 13.1 Å². The maximum atomic E-state index is 12.1. The summed E-state index contributed by atoms with van der Waals surface area (Å²) >= 11 is 0. The van der Waals surface area contributed by atoms with Crippen molar-refractivity contribution in [3.8, 4) is 5.75 Å². The monoisotopic (exact) mass is 276 g/mol. The van der Waals surface area contributed by atoms with Crippen LogP contribution in [0, 0.1) is 13.8 Å². The number of amides is 2. The zero-order valence-corrected chi connectivity index (χ0v) is 12.1. The number of nitrogens with zero attached hydrogens (tertiary/aromatic N) is 1. The third kappa shape index (κ3) is 3.29. The molecule has 1 fully saturated rings. The second kappa shape index (κ2) is 5.94. The number of hydrogen-bond acceptors (Lipinski definition) is 3. The van der Waals surface area contributed by atoms with E-state index < -0.39 is 6.04 Å². The van der Waals surface area contributed by atoms with Crippen LogP contribution < -0.4 is 10.1 Å². The fourth-order valence-electron chi connectivity index (χ4n) is 2.37. The van der Waals surface area contributed by atoms with Gasteiger partial charge in [-0.2, -0.15) is 0 Å². The maximum Gasteiger partial charge on any atom is 0.261 e. The molecule has 1 atom stereocenters. The smallest absolute Gasteiger partial charge is 0.261 e. The van der Waals surface area contributed by atoms with Gasteiger partial charge in [-0.1, -0.05) is 6.07 Å². The van der Waals surface area contributed by atoms with Crippen LogP contribution in [-0.4, -0.2) is 42.5 Å². The van der Waals surface area contributed by atoms with Crippen LogP contribution in [0.2, 0.25) is 0 Å². The molecule has 1 aliphatic heterocycles. The fraction of sp³-hybridized carbons (Fsp3) is 0.467. The molecule has 2 rings (SSSR count). The SMILES string of the molecule is Cc1cc(C)cc(OCC(=O)N2CCNC(=O)C2C)c1. The summed E-state index contributed by atoms with van der Waals surface area (Å²) in [6.45, 7) is 6.68. The van der Waals surface area contributed by atoms with Crippen molar-refractivity contribution in [2.24, 2.45) is 0 Å². The summed E-state index contributed by atoms with van der Waals surface area (Å²) in [5, 5.41) is 2.73. The van der Waals surface area contributed by atoms with Crippen molar-refractivity contribution in [3.05, 3.63) is 29.3 Å². The van der Waals surface area contributed by atoms with Gasteiger partial charge in [-0.05, 0) is 44.0 Å². The highest BCUT2D eigenvalue weighted by atomic mass is 16.5. The highest BCUT2D eigenvalue weighted by Gasteiger charge is 2.29. The zero-order chi connectivity index (χ0) is 14.7. The van der Waals surface area contributed by atoms with E-state index in [1.807, 2.05) is 32.0 Å². The van der Waals surface area contributed by atoms with Gasteiger partial charge >= 0.3 is 0 Å². The molecule has 1 N–H and O–H groups in total. The number of carbonyl (C=O) groups excluding carboxylic acids is 2. The molecule has 1 unspecified atom stereocenters. The number of ether oxygens (including phenoxy) is 1. The van der Waals surface area contributed by atoms with E-state index in [-0.39, 0.29) is 18.4 Å². The minimum atomic E-state index is -0.431. The third-order valence-corrected chi connectivity index (χ3v) is 3.38. The van der Waals surface area contributed by atoms with Crippen LogP contribution in [0.1, 0.15) is 18.1 Å². The fourth-order valence-corrected chi connectivity index (χ4v) is 2.37. The van der Waals surface area contributed by atoms with Crippen molar-refractivity contribution in [2.45, 2.75) is 26.8 Å². The van der Waals surface area contributed by atoms with Gasteiger partial charge in [0.2, 0.25) is 5.91 Å². The molecule has 1 heterocycles. The molecule has 0 aromatic heterocycles. The first-order valence-electron chi connectivity index (χ1n) is 6.75. The molecule has 1 aliphatic rings. The number of aryl methyl sites for hydroxylation is 2. The summed E-state index contributed by atoms with van der Waals surface area (Å²) in [4.78, 5) is 25.2. The van der Waals surface area contributed by atoms with Crippen LogP contribution in [0.15, 0.2) is 18.2 Å². The first-order chi connectivity index (χ1) is 9.47. The molecule has 108 valence electrons. The molecule has 0 aliphatic carbocycles. The second-order valence-corrected chi connectivity index (χ2v) is 5.17. The number of carbonyl (C=O) groups is 2. The van der Waals surface area contributed by atoms with Crippen molar-refractivity contribution >= 4 is 11.8 Å². The summed E-state index contributed by atoms with van der Waals surface area (Å²) in [7, 11) is 0. The third-order valence-electron chi connectivity index (χ3n) is 3.38. The lowest BCUT2D eigenvalue weighted by molar-refractivity contribution is -0.143. The highest BCUT2D eigenvalue weighted by molar-refractivity contribution is 5.89. The molecule has 5 nitrogen and oxygen atoms in total. The Hall–Kier alpha value is -2.04. The predicted octanol–water partition coefficient (Wildman–Crippen LogP) is 1.03. The Labute approximate surface area is 118 Å². The Morgan fingerprint density at radius 1 is 1.35 bits per heavy atom. The van der Waals surface area contributed by atoms with Crippen molar-refractivity contribution in [1.29, 1.82) is 0 Å². The lowest BCUT2D eigenvalue weighted by Crippen LogP contribution is -2.56. The van der Waals surface area contributed by atoms with Gasteiger partial charge in [-0.15, -0.1) is 0 Å². The Morgan fingerprint density at radius 2 is 2.00 bits per heavy atom. The van der Waals surface area contributed by atoms with Gasteiger partial charge in [0.1, 0.15) is 11.8 Å². The highest BCUT2D eigenvalue weighted by Crippen LogP contribution is 2.16. The first-order valence-corrected chi connectivity index (χ1v) is 6.75. The van der Waals surface area contributed by atoms with Gasteiger partial charge < -0.3 is 15.0 Å². The minimum Gasteiger partial charge on any atom is -0.484 e. The van der Waals surface area contributed by atoms with Gasteiger partial charge in [-0.3, -0.25) is 9.59 Å². The molecule has 2 amide bonds. The Morgan fingerprint density at radius 3 is 2.65 bits per heavy atom.